The van der Waals surface area contributed by atoms with Gasteiger partial charge in [-0.15, -0.1) is 0 Å². The summed E-state index contributed by atoms with van der Waals surface area (Å²) in [6.07, 6.45) is 5.02. The van der Waals surface area contributed by atoms with Gasteiger partial charge in [-0.3, -0.25) is 4.79 Å². The largest absolute Gasteiger partial charge is 0.472 e. The molecule has 0 radical (unpaired) electrons. The maximum atomic E-state index is 11.4. The number of Topliss-reactive ketones (excluding diaryl/α,β-unsaturated/α-hetero) is 1. The Bertz CT molecular complexity index is 968. The predicted octanol–water partition coefficient (Wildman–Crippen LogP) is 3.00. The fourth-order valence-corrected chi connectivity index (χ4v) is 3.54. The van der Waals surface area contributed by atoms with E-state index in [2.05, 4.69) is 34.1 Å². The van der Waals surface area contributed by atoms with Crippen LogP contribution >= 0.6 is 0 Å². The molecule has 6 heteroatoms. The lowest BCUT2D eigenvalue weighted by Crippen LogP contribution is -2.33. The zero-order valence-electron chi connectivity index (χ0n) is 14.3. The zero-order chi connectivity index (χ0) is 17.5. The molecule has 4 heterocycles. The van der Waals surface area contributed by atoms with Crippen molar-refractivity contribution in [2.45, 2.75) is 19.4 Å². The molecule has 0 saturated carbocycles. The molecule has 130 valence electrons. The first-order valence-electron chi connectivity index (χ1n) is 8.82. The summed E-state index contributed by atoms with van der Waals surface area (Å²) in [5.74, 6) is 0.997. The highest BCUT2D eigenvalue weighted by atomic mass is 16.5. The topological polar surface area (TPSA) is 60.2 Å². The second-order valence-corrected chi connectivity index (χ2v) is 6.63. The number of hydrogen-bond donors (Lipinski definition) is 0. The van der Waals surface area contributed by atoms with Gasteiger partial charge in [-0.1, -0.05) is 0 Å². The first-order chi connectivity index (χ1) is 12.8. The second-order valence-electron chi connectivity index (χ2n) is 6.63. The molecule has 5 rings (SSSR count). The van der Waals surface area contributed by atoms with Gasteiger partial charge in [-0.05, 0) is 36.4 Å². The number of piperidine rings is 1. The molecule has 6 nitrogen and oxygen atoms in total. The first-order valence-corrected chi connectivity index (χ1v) is 8.82. The number of fused-ring (bicyclic) bond motifs is 3. The van der Waals surface area contributed by atoms with Crippen molar-refractivity contribution in [3.63, 3.8) is 0 Å². The molecule has 0 atom stereocenters. The number of carbonyl (C=O) groups is 1. The van der Waals surface area contributed by atoms with E-state index in [9.17, 15) is 4.79 Å². The molecule has 0 spiro atoms. The van der Waals surface area contributed by atoms with Crippen molar-refractivity contribution in [3.05, 3.63) is 54.4 Å². The minimum atomic E-state index is 0.358. The van der Waals surface area contributed by atoms with Crippen molar-refractivity contribution in [1.82, 2.24) is 14.8 Å². The average molecular weight is 346 g/mol. The summed E-state index contributed by atoms with van der Waals surface area (Å²) in [4.78, 5) is 17.9. The summed E-state index contributed by atoms with van der Waals surface area (Å²) in [5, 5.41) is 4.75. The SMILES string of the molecule is O=C1CCN(c2ccc(-n3cc4c(n3)-c3cccnc3OC4)cc2)CC1. The Morgan fingerprint density at radius 2 is 1.77 bits per heavy atom. The fourth-order valence-electron chi connectivity index (χ4n) is 3.54. The van der Waals surface area contributed by atoms with E-state index < -0.39 is 0 Å². The van der Waals surface area contributed by atoms with Gasteiger partial charge in [0.05, 0.1) is 11.3 Å². The third-order valence-electron chi connectivity index (χ3n) is 4.98. The summed E-state index contributed by atoms with van der Waals surface area (Å²) in [7, 11) is 0. The molecule has 0 N–H and O–H groups in total. The van der Waals surface area contributed by atoms with E-state index in [4.69, 9.17) is 9.84 Å². The number of hydrogen-bond acceptors (Lipinski definition) is 5. The smallest absolute Gasteiger partial charge is 0.223 e. The molecule has 0 aliphatic carbocycles. The fraction of sp³-hybridized carbons (Fsp3) is 0.250. The van der Waals surface area contributed by atoms with Gasteiger partial charge in [0.25, 0.3) is 0 Å². The number of nitrogens with zero attached hydrogens (tertiary/aromatic N) is 4. The van der Waals surface area contributed by atoms with Gasteiger partial charge in [-0.25, -0.2) is 9.67 Å². The summed E-state index contributed by atoms with van der Waals surface area (Å²) < 4.78 is 7.60. The van der Waals surface area contributed by atoms with Crippen LogP contribution in [0.4, 0.5) is 5.69 Å². The van der Waals surface area contributed by atoms with Crippen LogP contribution in [0.3, 0.4) is 0 Å². The second kappa shape index (κ2) is 5.98. The molecule has 0 amide bonds. The van der Waals surface area contributed by atoms with Crippen molar-refractivity contribution in [3.8, 4) is 22.8 Å². The van der Waals surface area contributed by atoms with E-state index in [-0.39, 0.29) is 0 Å². The average Bonchev–Trinajstić information content (AvgIpc) is 3.14. The van der Waals surface area contributed by atoms with Crippen LogP contribution in [0.1, 0.15) is 18.4 Å². The molecule has 2 aromatic heterocycles. The van der Waals surface area contributed by atoms with Crippen LogP contribution in [0.2, 0.25) is 0 Å². The van der Waals surface area contributed by atoms with Gasteiger partial charge >= 0.3 is 0 Å². The molecule has 1 aromatic carbocycles. The monoisotopic (exact) mass is 346 g/mol. The molecule has 0 unspecified atom stereocenters. The lowest BCUT2D eigenvalue weighted by atomic mass is 10.1. The minimum Gasteiger partial charge on any atom is -0.472 e. The highest BCUT2D eigenvalue weighted by Gasteiger charge is 2.22. The van der Waals surface area contributed by atoms with E-state index in [1.54, 1.807) is 6.20 Å². The van der Waals surface area contributed by atoms with Crippen LogP contribution < -0.4 is 9.64 Å². The normalized spacial score (nSPS) is 16.0. The Morgan fingerprint density at radius 3 is 2.58 bits per heavy atom. The van der Waals surface area contributed by atoms with Crippen LogP contribution in [0.25, 0.3) is 16.9 Å². The third-order valence-corrected chi connectivity index (χ3v) is 4.98. The molecule has 2 aliphatic rings. The molecular formula is C20H18N4O2. The summed E-state index contributed by atoms with van der Waals surface area (Å²) >= 11 is 0. The number of pyridine rings is 1. The molecule has 26 heavy (non-hydrogen) atoms. The number of ether oxygens (including phenoxy) is 1. The number of benzene rings is 1. The Balaban J connectivity index is 1.43. The quantitative estimate of drug-likeness (QED) is 0.714. The highest BCUT2D eigenvalue weighted by molar-refractivity contribution is 5.81. The van der Waals surface area contributed by atoms with Crippen LogP contribution in [0.5, 0.6) is 5.88 Å². The standard InChI is InChI=1S/C20H18N4O2/c25-17-7-10-23(11-8-17)15-3-5-16(6-4-15)24-12-14-13-26-20-18(19(14)22-24)2-1-9-21-20/h1-6,9,12H,7-8,10-11,13H2. The first kappa shape index (κ1) is 15.1. The minimum absolute atomic E-state index is 0.358. The Labute approximate surface area is 151 Å². The van der Waals surface area contributed by atoms with Crippen molar-refractivity contribution < 1.29 is 9.53 Å². The van der Waals surface area contributed by atoms with Gasteiger partial charge in [-0.2, -0.15) is 5.10 Å². The highest BCUT2D eigenvalue weighted by Crippen LogP contribution is 2.35. The Morgan fingerprint density at radius 1 is 1.00 bits per heavy atom. The van der Waals surface area contributed by atoms with Gasteiger partial charge in [0, 0.05) is 49.6 Å². The predicted molar refractivity (Wildman–Crippen MR) is 97.6 cm³/mol. The van der Waals surface area contributed by atoms with Crippen LogP contribution in [-0.2, 0) is 11.4 Å². The summed E-state index contributed by atoms with van der Waals surface area (Å²) in [5.41, 5.74) is 5.07. The van der Waals surface area contributed by atoms with Crippen molar-refractivity contribution in [2.75, 3.05) is 18.0 Å². The van der Waals surface area contributed by atoms with Crippen LogP contribution in [0.15, 0.2) is 48.8 Å². The van der Waals surface area contributed by atoms with Gasteiger partial charge in [0.15, 0.2) is 0 Å². The molecule has 2 aliphatic heterocycles. The third kappa shape index (κ3) is 2.54. The van der Waals surface area contributed by atoms with E-state index in [1.807, 2.05) is 23.0 Å². The Hall–Kier alpha value is -3.15. The summed E-state index contributed by atoms with van der Waals surface area (Å²) in [6, 6.07) is 12.2. The number of anilines is 1. The van der Waals surface area contributed by atoms with E-state index in [0.717, 1.165) is 41.3 Å². The van der Waals surface area contributed by atoms with Crippen LogP contribution in [-0.4, -0.2) is 33.6 Å². The summed E-state index contributed by atoms with van der Waals surface area (Å²) in [6.45, 7) is 2.09. The number of aromatic nitrogens is 3. The lowest BCUT2D eigenvalue weighted by molar-refractivity contribution is -0.119. The van der Waals surface area contributed by atoms with Gasteiger partial charge in [0.1, 0.15) is 18.1 Å². The van der Waals surface area contributed by atoms with E-state index in [1.165, 1.54) is 0 Å². The number of rotatable bonds is 2. The van der Waals surface area contributed by atoms with E-state index >= 15 is 0 Å². The molecule has 3 aromatic rings. The number of carbonyl (C=O) groups excluding carboxylic acids is 1. The molecular weight excluding hydrogens is 328 g/mol. The lowest BCUT2D eigenvalue weighted by Gasteiger charge is -2.28. The van der Waals surface area contributed by atoms with Crippen molar-refractivity contribution in [1.29, 1.82) is 0 Å². The molecule has 1 fully saturated rings. The van der Waals surface area contributed by atoms with Crippen molar-refractivity contribution in [2.24, 2.45) is 0 Å². The van der Waals surface area contributed by atoms with Crippen molar-refractivity contribution >= 4 is 11.5 Å². The van der Waals surface area contributed by atoms with E-state index in [0.29, 0.717) is 31.1 Å². The zero-order valence-corrected chi connectivity index (χ0v) is 14.3. The number of ketones is 1. The molecule has 0 bridgehead atoms. The Kier molecular flexibility index (Phi) is 3.48. The maximum absolute atomic E-state index is 11.4. The maximum Gasteiger partial charge on any atom is 0.223 e. The van der Waals surface area contributed by atoms with Gasteiger partial charge in [0.2, 0.25) is 5.88 Å². The van der Waals surface area contributed by atoms with Crippen LogP contribution in [0, 0.1) is 0 Å². The molecule has 1 saturated heterocycles. The van der Waals surface area contributed by atoms with Gasteiger partial charge < -0.3 is 9.64 Å².